The smallest absolute Gasteiger partial charge is 0.295 e. The van der Waals surface area contributed by atoms with E-state index in [1.54, 1.807) is 24.3 Å². The summed E-state index contributed by atoms with van der Waals surface area (Å²) >= 11 is 0. The van der Waals surface area contributed by atoms with Crippen LogP contribution in [0.2, 0.25) is 0 Å². The van der Waals surface area contributed by atoms with Crippen molar-refractivity contribution in [1.29, 1.82) is 0 Å². The van der Waals surface area contributed by atoms with E-state index in [2.05, 4.69) is 0 Å². The first-order valence-corrected chi connectivity index (χ1v) is 11.4. The SMILES string of the molecule is CCCCN1C(=O)C(=O)/C(=C(\O)c2ccc(OCC)c(C(C)(C)C)c2)C1c1cccc(O)c1. The highest BCUT2D eigenvalue weighted by molar-refractivity contribution is 6.46. The molecular formula is C27H33NO5. The summed E-state index contributed by atoms with van der Waals surface area (Å²) in [6.45, 7) is 11.0. The van der Waals surface area contributed by atoms with Gasteiger partial charge in [0.25, 0.3) is 11.7 Å². The van der Waals surface area contributed by atoms with Crippen LogP contribution >= 0.6 is 0 Å². The second-order valence-electron chi connectivity index (χ2n) is 9.33. The van der Waals surface area contributed by atoms with Crippen LogP contribution < -0.4 is 4.74 Å². The highest BCUT2D eigenvalue weighted by Gasteiger charge is 2.45. The Morgan fingerprint density at radius 3 is 2.42 bits per heavy atom. The van der Waals surface area contributed by atoms with Gasteiger partial charge in [0.05, 0.1) is 18.2 Å². The molecule has 1 amide bonds. The number of Topliss-reactive ketones (excluding diaryl/α,β-unsaturated/α-hetero) is 1. The Labute approximate surface area is 195 Å². The van der Waals surface area contributed by atoms with Crippen molar-refractivity contribution in [1.82, 2.24) is 4.90 Å². The van der Waals surface area contributed by atoms with Gasteiger partial charge in [-0.1, -0.05) is 46.2 Å². The third kappa shape index (κ3) is 4.90. The monoisotopic (exact) mass is 451 g/mol. The molecule has 33 heavy (non-hydrogen) atoms. The zero-order valence-corrected chi connectivity index (χ0v) is 20.0. The van der Waals surface area contributed by atoms with E-state index >= 15 is 0 Å². The summed E-state index contributed by atoms with van der Waals surface area (Å²) < 4.78 is 5.77. The van der Waals surface area contributed by atoms with Crippen LogP contribution in [-0.4, -0.2) is 40.0 Å². The molecule has 6 nitrogen and oxygen atoms in total. The van der Waals surface area contributed by atoms with Crippen molar-refractivity contribution in [3.05, 3.63) is 64.7 Å². The number of nitrogens with zero attached hydrogens (tertiary/aromatic N) is 1. The number of likely N-dealkylation sites (tertiary alicyclic amines) is 1. The number of rotatable bonds is 7. The minimum Gasteiger partial charge on any atom is -0.508 e. The van der Waals surface area contributed by atoms with Crippen LogP contribution in [0.25, 0.3) is 5.76 Å². The lowest BCUT2D eigenvalue weighted by atomic mass is 9.84. The molecule has 0 aliphatic carbocycles. The summed E-state index contributed by atoms with van der Waals surface area (Å²) in [6.07, 6.45) is 1.57. The molecule has 2 aromatic carbocycles. The number of unbranched alkanes of at least 4 members (excludes halogenated alkanes) is 1. The molecular weight excluding hydrogens is 418 g/mol. The zero-order chi connectivity index (χ0) is 24.3. The number of benzene rings is 2. The zero-order valence-electron chi connectivity index (χ0n) is 20.0. The largest absolute Gasteiger partial charge is 0.508 e. The molecule has 0 radical (unpaired) electrons. The van der Waals surface area contributed by atoms with Gasteiger partial charge in [0.2, 0.25) is 0 Å². The summed E-state index contributed by atoms with van der Waals surface area (Å²) in [7, 11) is 0. The molecule has 6 heteroatoms. The van der Waals surface area contributed by atoms with Gasteiger partial charge in [-0.3, -0.25) is 9.59 Å². The maximum Gasteiger partial charge on any atom is 0.295 e. The summed E-state index contributed by atoms with van der Waals surface area (Å²) in [5, 5.41) is 21.4. The second-order valence-corrected chi connectivity index (χ2v) is 9.33. The Morgan fingerprint density at radius 2 is 1.82 bits per heavy atom. The van der Waals surface area contributed by atoms with E-state index in [0.29, 0.717) is 24.3 Å². The standard InChI is InChI=1S/C27H33NO5/c1-6-8-14-28-23(17-10-9-11-19(29)15-17)22(25(31)26(28)32)24(30)18-12-13-21(33-7-2)20(16-18)27(3,4)5/h9-13,15-16,23,29-30H,6-8,14H2,1-5H3/b24-22-. The number of phenolic OH excluding ortho intramolecular Hbond substituents is 1. The number of aromatic hydroxyl groups is 1. The van der Waals surface area contributed by atoms with Gasteiger partial charge >= 0.3 is 0 Å². The van der Waals surface area contributed by atoms with E-state index in [-0.39, 0.29) is 22.5 Å². The number of aliphatic hydroxyl groups is 1. The van der Waals surface area contributed by atoms with E-state index < -0.39 is 17.7 Å². The number of carbonyl (C=O) groups excluding carboxylic acids is 2. The molecule has 2 aromatic rings. The molecule has 0 saturated carbocycles. The van der Waals surface area contributed by atoms with Crippen molar-refractivity contribution in [3.63, 3.8) is 0 Å². The number of amides is 1. The number of phenols is 1. The van der Waals surface area contributed by atoms with Crippen LogP contribution in [0.15, 0.2) is 48.0 Å². The van der Waals surface area contributed by atoms with Crippen molar-refractivity contribution in [2.45, 2.75) is 58.9 Å². The molecule has 0 spiro atoms. The Kier molecular flexibility index (Phi) is 7.15. The molecule has 1 aliphatic rings. The van der Waals surface area contributed by atoms with Gasteiger partial charge in [0, 0.05) is 17.7 Å². The van der Waals surface area contributed by atoms with E-state index in [1.165, 1.54) is 17.0 Å². The number of hydrogen-bond donors (Lipinski definition) is 2. The fourth-order valence-electron chi connectivity index (χ4n) is 4.18. The maximum atomic E-state index is 13.1. The normalized spacial score (nSPS) is 18.1. The minimum atomic E-state index is -0.770. The van der Waals surface area contributed by atoms with Gasteiger partial charge in [-0.2, -0.15) is 0 Å². The predicted molar refractivity (Wildman–Crippen MR) is 128 cm³/mol. The Morgan fingerprint density at radius 1 is 1.09 bits per heavy atom. The van der Waals surface area contributed by atoms with Gasteiger partial charge < -0.3 is 19.8 Å². The molecule has 1 fully saturated rings. The van der Waals surface area contributed by atoms with Gasteiger partial charge in [-0.25, -0.2) is 0 Å². The van der Waals surface area contributed by atoms with E-state index in [4.69, 9.17) is 4.74 Å². The van der Waals surface area contributed by atoms with Crippen LogP contribution in [0.5, 0.6) is 11.5 Å². The highest BCUT2D eigenvalue weighted by Crippen LogP contribution is 2.41. The lowest BCUT2D eigenvalue weighted by Crippen LogP contribution is -2.30. The van der Waals surface area contributed by atoms with E-state index in [0.717, 1.165) is 24.2 Å². The Balaban J connectivity index is 2.21. The molecule has 1 saturated heterocycles. The minimum absolute atomic E-state index is 0.0321. The molecule has 1 atom stereocenters. The first kappa shape index (κ1) is 24.4. The Bertz CT molecular complexity index is 1080. The topological polar surface area (TPSA) is 87.1 Å². The maximum absolute atomic E-state index is 13.1. The number of ether oxygens (including phenoxy) is 1. The molecule has 3 rings (SSSR count). The first-order chi connectivity index (χ1) is 15.6. The lowest BCUT2D eigenvalue weighted by molar-refractivity contribution is -0.139. The van der Waals surface area contributed by atoms with Crippen molar-refractivity contribution < 1.29 is 24.5 Å². The molecule has 2 N–H and O–H groups in total. The number of ketones is 1. The van der Waals surface area contributed by atoms with Crippen LogP contribution in [0.4, 0.5) is 0 Å². The van der Waals surface area contributed by atoms with Gasteiger partial charge in [0.1, 0.15) is 17.3 Å². The summed E-state index contributed by atoms with van der Waals surface area (Å²) in [5.41, 5.74) is 1.68. The van der Waals surface area contributed by atoms with Crippen molar-refractivity contribution >= 4 is 17.4 Å². The number of carbonyl (C=O) groups is 2. The fourth-order valence-corrected chi connectivity index (χ4v) is 4.18. The lowest BCUT2D eigenvalue weighted by Gasteiger charge is -2.26. The van der Waals surface area contributed by atoms with Gasteiger partial charge in [0.15, 0.2) is 0 Å². The molecule has 1 aliphatic heterocycles. The fraction of sp³-hybridized carbons (Fsp3) is 0.407. The average Bonchev–Trinajstić information content (AvgIpc) is 3.01. The average molecular weight is 452 g/mol. The second kappa shape index (κ2) is 9.69. The molecule has 176 valence electrons. The summed E-state index contributed by atoms with van der Waals surface area (Å²) in [5.74, 6) is -0.836. The van der Waals surface area contributed by atoms with Crippen LogP contribution in [0, 0.1) is 0 Å². The third-order valence-corrected chi connectivity index (χ3v) is 5.84. The number of aliphatic hydroxyl groups excluding tert-OH is 1. The van der Waals surface area contributed by atoms with E-state index in [1.807, 2.05) is 40.7 Å². The van der Waals surface area contributed by atoms with Crippen LogP contribution in [-0.2, 0) is 15.0 Å². The van der Waals surface area contributed by atoms with Crippen molar-refractivity contribution in [2.24, 2.45) is 0 Å². The van der Waals surface area contributed by atoms with Crippen molar-refractivity contribution in [3.8, 4) is 11.5 Å². The first-order valence-electron chi connectivity index (χ1n) is 11.4. The van der Waals surface area contributed by atoms with E-state index in [9.17, 15) is 19.8 Å². The molecule has 1 heterocycles. The predicted octanol–water partition coefficient (Wildman–Crippen LogP) is 5.31. The van der Waals surface area contributed by atoms with Crippen LogP contribution in [0.1, 0.15) is 70.2 Å². The van der Waals surface area contributed by atoms with Gasteiger partial charge in [-0.05, 0) is 54.7 Å². The van der Waals surface area contributed by atoms with Crippen molar-refractivity contribution in [2.75, 3.05) is 13.2 Å². The highest BCUT2D eigenvalue weighted by atomic mass is 16.5. The van der Waals surface area contributed by atoms with Crippen LogP contribution in [0.3, 0.4) is 0 Å². The Hall–Kier alpha value is -3.28. The summed E-state index contributed by atoms with van der Waals surface area (Å²) in [4.78, 5) is 27.5. The quantitative estimate of drug-likeness (QED) is 0.338. The molecule has 0 bridgehead atoms. The molecule has 1 unspecified atom stereocenters. The third-order valence-electron chi connectivity index (χ3n) is 5.84. The number of hydrogen-bond acceptors (Lipinski definition) is 5. The summed E-state index contributed by atoms with van der Waals surface area (Å²) in [6, 6.07) is 11.0. The van der Waals surface area contributed by atoms with Gasteiger partial charge in [-0.15, -0.1) is 0 Å². The molecule has 0 aromatic heterocycles.